The molecule has 0 amide bonds. The average Bonchev–Trinajstić information content (AvgIpc) is 2.38. The van der Waals surface area contributed by atoms with E-state index in [4.69, 9.17) is 0 Å². The van der Waals surface area contributed by atoms with E-state index >= 15 is 0 Å². The van der Waals surface area contributed by atoms with Crippen molar-refractivity contribution in [3.63, 3.8) is 0 Å². The first-order valence-corrected chi connectivity index (χ1v) is 7.75. The van der Waals surface area contributed by atoms with Gasteiger partial charge in [0.05, 0.1) is 9.82 Å². The first-order valence-electron chi connectivity index (χ1n) is 6.31. The molecule has 110 valence electrons. The van der Waals surface area contributed by atoms with Gasteiger partial charge in [-0.05, 0) is 19.9 Å². The highest BCUT2D eigenvalue weighted by Crippen LogP contribution is 2.27. The van der Waals surface area contributed by atoms with Gasteiger partial charge in [-0.1, -0.05) is 6.07 Å². The van der Waals surface area contributed by atoms with Gasteiger partial charge in [-0.3, -0.25) is 10.1 Å². The van der Waals surface area contributed by atoms with Crippen molar-refractivity contribution in [1.82, 2.24) is 9.62 Å². The topological polar surface area (TPSA) is 92.5 Å². The zero-order chi connectivity index (χ0) is 14.9. The summed E-state index contributed by atoms with van der Waals surface area (Å²) in [6.45, 7) is 4.69. The SMILES string of the molecule is Cc1c([N+](=O)[O-])cccc1S(=O)(=O)N1CCNC(C)C1. The van der Waals surface area contributed by atoms with Gasteiger partial charge in [0.25, 0.3) is 5.69 Å². The fraction of sp³-hybridized carbons (Fsp3) is 0.500. The Kier molecular flexibility index (Phi) is 4.07. The van der Waals surface area contributed by atoms with Gasteiger partial charge >= 0.3 is 0 Å². The van der Waals surface area contributed by atoms with Gasteiger partial charge in [-0.2, -0.15) is 4.31 Å². The van der Waals surface area contributed by atoms with Crippen LogP contribution in [0.25, 0.3) is 0 Å². The molecule has 20 heavy (non-hydrogen) atoms. The molecule has 1 aromatic carbocycles. The van der Waals surface area contributed by atoms with E-state index in [9.17, 15) is 18.5 Å². The van der Waals surface area contributed by atoms with Crippen LogP contribution in [0.1, 0.15) is 12.5 Å². The van der Waals surface area contributed by atoms with Gasteiger partial charge in [0.2, 0.25) is 10.0 Å². The molecule has 0 spiro atoms. The zero-order valence-electron chi connectivity index (χ0n) is 11.4. The number of rotatable bonds is 3. The van der Waals surface area contributed by atoms with Crippen LogP contribution in [0.4, 0.5) is 5.69 Å². The third-order valence-electron chi connectivity index (χ3n) is 3.40. The molecular formula is C12H17N3O4S. The van der Waals surface area contributed by atoms with Crippen LogP contribution in [0.15, 0.2) is 23.1 Å². The maximum atomic E-state index is 12.6. The molecule has 0 radical (unpaired) electrons. The predicted molar refractivity (Wildman–Crippen MR) is 74.1 cm³/mol. The molecule has 1 fully saturated rings. The van der Waals surface area contributed by atoms with Gasteiger partial charge in [0, 0.05) is 37.3 Å². The fourth-order valence-electron chi connectivity index (χ4n) is 2.33. The first-order chi connectivity index (χ1) is 9.34. The third-order valence-corrected chi connectivity index (χ3v) is 5.41. The number of nitro benzene ring substituents is 1. The molecule has 0 saturated carbocycles. The highest BCUT2D eigenvalue weighted by molar-refractivity contribution is 7.89. The molecule has 1 saturated heterocycles. The standard InChI is InChI=1S/C12H17N3O4S/c1-9-8-14(7-6-13-9)20(18,19)12-5-3-4-11(10(12)2)15(16)17/h3-5,9,13H,6-8H2,1-2H3. The van der Waals surface area contributed by atoms with Crippen LogP contribution < -0.4 is 5.32 Å². The molecule has 2 rings (SSSR count). The smallest absolute Gasteiger partial charge is 0.273 e. The molecule has 0 aliphatic carbocycles. The maximum absolute atomic E-state index is 12.6. The second-order valence-electron chi connectivity index (χ2n) is 4.88. The summed E-state index contributed by atoms with van der Waals surface area (Å²) in [4.78, 5) is 10.4. The molecule has 8 heteroatoms. The lowest BCUT2D eigenvalue weighted by atomic mass is 10.2. The third kappa shape index (κ3) is 2.67. The summed E-state index contributed by atoms with van der Waals surface area (Å²) in [6, 6.07) is 4.21. The van der Waals surface area contributed by atoms with E-state index in [1.807, 2.05) is 6.92 Å². The van der Waals surface area contributed by atoms with Crippen LogP contribution in [0.2, 0.25) is 0 Å². The number of hydrogen-bond acceptors (Lipinski definition) is 5. The van der Waals surface area contributed by atoms with Crippen LogP contribution in [-0.2, 0) is 10.0 Å². The van der Waals surface area contributed by atoms with E-state index in [1.165, 1.54) is 29.4 Å². The summed E-state index contributed by atoms with van der Waals surface area (Å²) in [5, 5.41) is 14.1. The van der Waals surface area contributed by atoms with E-state index in [2.05, 4.69) is 5.32 Å². The van der Waals surface area contributed by atoms with Gasteiger partial charge in [0.1, 0.15) is 0 Å². The first kappa shape index (κ1) is 14.9. The van der Waals surface area contributed by atoms with Crippen LogP contribution in [0, 0.1) is 17.0 Å². The Morgan fingerprint density at radius 2 is 2.15 bits per heavy atom. The molecular weight excluding hydrogens is 282 g/mol. The van der Waals surface area contributed by atoms with Gasteiger partial charge in [-0.15, -0.1) is 0 Å². The minimum Gasteiger partial charge on any atom is -0.312 e. The molecule has 7 nitrogen and oxygen atoms in total. The van der Waals surface area contributed by atoms with Crippen molar-refractivity contribution >= 4 is 15.7 Å². The number of nitrogens with one attached hydrogen (secondary N) is 1. The second-order valence-corrected chi connectivity index (χ2v) is 6.78. The highest BCUT2D eigenvalue weighted by atomic mass is 32.2. The number of benzene rings is 1. The van der Waals surface area contributed by atoms with Crippen LogP contribution in [0.5, 0.6) is 0 Å². The highest BCUT2D eigenvalue weighted by Gasteiger charge is 2.31. The second kappa shape index (κ2) is 5.47. The van der Waals surface area contributed by atoms with Crippen LogP contribution in [-0.4, -0.2) is 43.3 Å². The summed E-state index contributed by atoms with van der Waals surface area (Å²) in [6.07, 6.45) is 0. The lowest BCUT2D eigenvalue weighted by Gasteiger charge is -2.31. The molecule has 1 unspecified atom stereocenters. The van der Waals surface area contributed by atoms with Crippen LogP contribution in [0.3, 0.4) is 0 Å². The average molecular weight is 299 g/mol. The van der Waals surface area contributed by atoms with Crippen molar-refractivity contribution in [2.75, 3.05) is 19.6 Å². The molecule has 1 atom stereocenters. The molecule has 0 bridgehead atoms. The molecule has 1 aliphatic rings. The van der Waals surface area contributed by atoms with E-state index < -0.39 is 14.9 Å². The summed E-state index contributed by atoms with van der Waals surface area (Å²) in [7, 11) is -3.69. The van der Waals surface area contributed by atoms with Crippen molar-refractivity contribution in [3.05, 3.63) is 33.9 Å². The Balaban J connectivity index is 2.44. The molecule has 1 aromatic rings. The Morgan fingerprint density at radius 1 is 1.45 bits per heavy atom. The summed E-state index contributed by atoms with van der Waals surface area (Å²) >= 11 is 0. The number of sulfonamides is 1. The predicted octanol–water partition coefficient (Wildman–Crippen LogP) is 0.886. The normalized spacial score (nSPS) is 20.8. The van der Waals surface area contributed by atoms with Crippen molar-refractivity contribution in [2.45, 2.75) is 24.8 Å². The summed E-state index contributed by atoms with van der Waals surface area (Å²) in [5.41, 5.74) is 0.0120. The minimum atomic E-state index is -3.69. The Bertz CT molecular complexity index is 630. The van der Waals surface area contributed by atoms with E-state index in [0.29, 0.717) is 19.6 Å². The van der Waals surface area contributed by atoms with Crippen LogP contribution >= 0.6 is 0 Å². The van der Waals surface area contributed by atoms with Gasteiger partial charge in [-0.25, -0.2) is 8.42 Å². The number of hydrogen-bond donors (Lipinski definition) is 1. The molecule has 1 aliphatic heterocycles. The Morgan fingerprint density at radius 3 is 2.75 bits per heavy atom. The number of nitrogens with zero attached hydrogens (tertiary/aromatic N) is 2. The van der Waals surface area contributed by atoms with Crippen molar-refractivity contribution < 1.29 is 13.3 Å². The van der Waals surface area contributed by atoms with Crippen molar-refractivity contribution in [3.8, 4) is 0 Å². The Hall–Kier alpha value is -1.51. The quantitative estimate of drug-likeness (QED) is 0.661. The summed E-state index contributed by atoms with van der Waals surface area (Å²) in [5.74, 6) is 0. The number of nitro groups is 1. The van der Waals surface area contributed by atoms with E-state index in [1.54, 1.807) is 0 Å². The van der Waals surface area contributed by atoms with Crippen molar-refractivity contribution in [1.29, 1.82) is 0 Å². The monoisotopic (exact) mass is 299 g/mol. The van der Waals surface area contributed by atoms with Gasteiger partial charge in [0.15, 0.2) is 0 Å². The summed E-state index contributed by atoms with van der Waals surface area (Å²) < 4.78 is 26.6. The van der Waals surface area contributed by atoms with Crippen molar-refractivity contribution in [2.24, 2.45) is 0 Å². The lowest BCUT2D eigenvalue weighted by molar-refractivity contribution is -0.385. The number of piperazine rings is 1. The lowest BCUT2D eigenvalue weighted by Crippen LogP contribution is -2.51. The maximum Gasteiger partial charge on any atom is 0.273 e. The largest absolute Gasteiger partial charge is 0.312 e. The molecule has 1 N–H and O–H groups in total. The Labute approximate surface area is 117 Å². The molecule has 0 aromatic heterocycles. The zero-order valence-corrected chi connectivity index (χ0v) is 12.2. The molecule has 1 heterocycles. The minimum absolute atomic E-state index is 0.0146. The fourth-order valence-corrected chi connectivity index (χ4v) is 4.11. The van der Waals surface area contributed by atoms with E-state index in [-0.39, 0.29) is 22.2 Å². The van der Waals surface area contributed by atoms with E-state index in [0.717, 1.165) is 0 Å². The van der Waals surface area contributed by atoms with Gasteiger partial charge < -0.3 is 5.32 Å².